The molecule has 2 heterocycles. The standard InChI is InChI=1S/C27H34N2O4S/c1-3-33-26(31)27(16-15-21-11-13-22(32-2)14-12-21)25(30)29(20-19-28-17-7-4-8-18-28)23-9-5-6-10-24(23)34-27/h5-6,9-14H,3-4,7-8,15-20H2,1-2H3. The number of hydrogen-bond acceptors (Lipinski definition) is 6. The molecule has 2 aromatic carbocycles. The first-order valence-electron chi connectivity index (χ1n) is 12.2. The second-order valence-corrected chi connectivity index (χ2v) is 10.2. The van der Waals surface area contributed by atoms with Crippen LogP contribution in [-0.2, 0) is 20.7 Å². The molecule has 0 aromatic heterocycles. The summed E-state index contributed by atoms with van der Waals surface area (Å²) in [5.74, 6) is 0.168. The second-order valence-electron chi connectivity index (χ2n) is 8.82. The summed E-state index contributed by atoms with van der Waals surface area (Å²) in [5, 5.41) is 0. The Morgan fingerprint density at radius 2 is 1.76 bits per heavy atom. The Kier molecular flexibility index (Phi) is 8.16. The Balaban J connectivity index is 1.62. The molecular formula is C27H34N2O4S. The number of likely N-dealkylation sites (tertiary alicyclic amines) is 1. The highest BCUT2D eigenvalue weighted by atomic mass is 32.2. The summed E-state index contributed by atoms with van der Waals surface area (Å²) in [6, 6.07) is 15.7. The first kappa shape index (κ1) is 24.6. The number of piperidine rings is 1. The normalized spacial score (nSPS) is 20.6. The quantitative estimate of drug-likeness (QED) is 0.386. The SMILES string of the molecule is CCOC(=O)C1(CCc2ccc(OC)cc2)Sc2ccccc2N(CCN2CCCCC2)C1=O. The van der Waals surface area contributed by atoms with Crippen LogP contribution in [-0.4, -0.2) is 61.4 Å². The molecule has 0 spiro atoms. The topological polar surface area (TPSA) is 59.1 Å². The zero-order valence-electron chi connectivity index (χ0n) is 20.1. The average molecular weight is 483 g/mol. The van der Waals surface area contributed by atoms with Gasteiger partial charge in [-0.25, -0.2) is 4.79 Å². The van der Waals surface area contributed by atoms with Crippen LogP contribution in [0.2, 0.25) is 0 Å². The van der Waals surface area contributed by atoms with Crippen molar-refractivity contribution < 1.29 is 19.1 Å². The zero-order chi connectivity index (χ0) is 24.0. The van der Waals surface area contributed by atoms with Crippen molar-refractivity contribution in [3.05, 3.63) is 54.1 Å². The van der Waals surface area contributed by atoms with E-state index in [0.29, 0.717) is 19.4 Å². The number of carbonyl (C=O) groups excluding carboxylic acids is 2. The Labute approximate surface area is 206 Å². The fourth-order valence-electron chi connectivity index (χ4n) is 4.72. The fraction of sp³-hybridized carbons (Fsp3) is 0.481. The predicted molar refractivity (Wildman–Crippen MR) is 136 cm³/mol. The molecule has 1 fully saturated rings. The molecule has 2 aliphatic rings. The molecule has 7 heteroatoms. The van der Waals surface area contributed by atoms with Crippen LogP contribution >= 0.6 is 11.8 Å². The van der Waals surface area contributed by atoms with Crippen molar-refractivity contribution in [2.45, 2.75) is 48.7 Å². The number of nitrogens with zero attached hydrogens (tertiary/aromatic N) is 2. The number of esters is 1. The van der Waals surface area contributed by atoms with Crippen molar-refractivity contribution in [1.29, 1.82) is 0 Å². The lowest BCUT2D eigenvalue weighted by molar-refractivity contribution is -0.149. The van der Waals surface area contributed by atoms with Crippen LogP contribution in [0.5, 0.6) is 5.75 Å². The van der Waals surface area contributed by atoms with Crippen molar-refractivity contribution in [3.63, 3.8) is 0 Å². The van der Waals surface area contributed by atoms with Gasteiger partial charge < -0.3 is 19.3 Å². The molecule has 1 amide bonds. The number of aryl methyl sites for hydroxylation is 1. The molecule has 2 aromatic rings. The lowest BCUT2D eigenvalue weighted by Crippen LogP contribution is -2.56. The maximum absolute atomic E-state index is 14.1. The highest BCUT2D eigenvalue weighted by molar-refractivity contribution is 8.02. The monoisotopic (exact) mass is 482 g/mol. The number of para-hydroxylation sites is 1. The molecule has 1 atom stereocenters. The molecule has 34 heavy (non-hydrogen) atoms. The lowest BCUT2D eigenvalue weighted by atomic mass is 9.96. The number of fused-ring (bicyclic) bond motifs is 1. The third-order valence-corrected chi connectivity index (χ3v) is 8.11. The molecular weight excluding hydrogens is 448 g/mol. The van der Waals surface area contributed by atoms with Gasteiger partial charge >= 0.3 is 5.97 Å². The summed E-state index contributed by atoms with van der Waals surface area (Å²) in [6.45, 7) is 5.54. The number of carbonyl (C=O) groups is 2. The number of anilines is 1. The minimum Gasteiger partial charge on any atom is -0.497 e. The Bertz CT molecular complexity index is 990. The number of benzene rings is 2. The summed E-state index contributed by atoms with van der Waals surface area (Å²) >= 11 is 1.35. The van der Waals surface area contributed by atoms with Gasteiger partial charge in [0.05, 0.1) is 19.4 Å². The summed E-state index contributed by atoms with van der Waals surface area (Å²) in [4.78, 5) is 32.7. The molecule has 1 unspecified atom stereocenters. The number of amides is 1. The molecule has 6 nitrogen and oxygen atoms in total. The number of hydrogen-bond donors (Lipinski definition) is 0. The van der Waals surface area contributed by atoms with Crippen LogP contribution in [0.4, 0.5) is 5.69 Å². The van der Waals surface area contributed by atoms with E-state index in [0.717, 1.165) is 41.5 Å². The van der Waals surface area contributed by atoms with Crippen molar-refractivity contribution in [1.82, 2.24) is 4.90 Å². The van der Waals surface area contributed by atoms with E-state index in [4.69, 9.17) is 9.47 Å². The minimum absolute atomic E-state index is 0.167. The highest BCUT2D eigenvalue weighted by Gasteiger charge is 2.53. The molecule has 0 bridgehead atoms. The number of methoxy groups -OCH3 is 1. The zero-order valence-corrected chi connectivity index (χ0v) is 20.9. The van der Waals surface area contributed by atoms with E-state index in [-0.39, 0.29) is 12.5 Å². The number of ether oxygens (including phenoxy) is 2. The van der Waals surface area contributed by atoms with Gasteiger partial charge in [0.1, 0.15) is 5.75 Å². The molecule has 0 N–H and O–H groups in total. The van der Waals surface area contributed by atoms with E-state index in [2.05, 4.69) is 4.90 Å². The van der Waals surface area contributed by atoms with Gasteiger partial charge in [0.2, 0.25) is 0 Å². The van der Waals surface area contributed by atoms with Gasteiger partial charge in [0.25, 0.3) is 5.91 Å². The van der Waals surface area contributed by atoms with Gasteiger partial charge in [-0.05, 0) is 75.5 Å². The molecule has 0 saturated carbocycles. The van der Waals surface area contributed by atoms with Crippen LogP contribution in [0.3, 0.4) is 0 Å². The van der Waals surface area contributed by atoms with E-state index < -0.39 is 10.7 Å². The maximum atomic E-state index is 14.1. The van der Waals surface area contributed by atoms with Gasteiger partial charge in [-0.1, -0.05) is 42.4 Å². The number of thioether (sulfide) groups is 1. The minimum atomic E-state index is -1.30. The largest absolute Gasteiger partial charge is 0.497 e. The third-order valence-electron chi connectivity index (χ3n) is 6.65. The van der Waals surface area contributed by atoms with E-state index >= 15 is 0 Å². The predicted octanol–water partition coefficient (Wildman–Crippen LogP) is 4.55. The van der Waals surface area contributed by atoms with Crippen LogP contribution < -0.4 is 9.64 Å². The average Bonchev–Trinajstić information content (AvgIpc) is 2.88. The molecule has 4 rings (SSSR count). The van der Waals surface area contributed by atoms with Gasteiger partial charge in [-0.2, -0.15) is 0 Å². The van der Waals surface area contributed by atoms with Gasteiger partial charge in [-0.3, -0.25) is 4.79 Å². The first-order chi connectivity index (χ1) is 16.6. The molecule has 2 aliphatic heterocycles. The van der Waals surface area contributed by atoms with Crippen LogP contribution in [0.15, 0.2) is 53.4 Å². The van der Waals surface area contributed by atoms with Crippen LogP contribution in [0.1, 0.15) is 38.2 Å². The highest BCUT2D eigenvalue weighted by Crippen LogP contribution is 2.48. The van der Waals surface area contributed by atoms with E-state index in [9.17, 15) is 9.59 Å². The van der Waals surface area contributed by atoms with Crippen LogP contribution in [0, 0.1) is 0 Å². The van der Waals surface area contributed by atoms with Gasteiger partial charge in [0.15, 0.2) is 4.75 Å². The van der Waals surface area contributed by atoms with E-state index in [1.807, 2.05) is 53.4 Å². The van der Waals surface area contributed by atoms with Gasteiger partial charge in [0, 0.05) is 18.0 Å². The van der Waals surface area contributed by atoms with Crippen molar-refractivity contribution >= 4 is 29.3 Å². The van der Waals surface area contributed by atoms with Crippen molar-refractivity contribution in [2.75, 3.05) is 44.8 Å². The fourth-order valence-corrected chi connectivity index (χ4v) is 6.07. The van der Waals surface area contributed by atoms with Gasteiger partial charge in [-0.15, -0.1) is 0 Å². The summed E-state index contributed by atoms with van der Waals surface area (Å²) in [6.07, 6.45) is 4.64. The smallest absolute Gasteiger partial charge is 0.332 e. The molecule has 0 radical (unpaired) electrons. The summed E-state index contributed by atoms with van der Waals surface area (Å²) < 4.78 is 9.46. The van der Waals surface area contributed by atoms with E-state index in [1.54, 1.807) is 14.0 Å². The Morgan fingerprint density at radius 1 is 1.03 bits per heavy atom. The summed E-state index contributed by atoms with van der Waals surface area (Å²) in [5.41, 5.74) is 1.94. The van der Waals surface area contributed by atoms with E-state index in [1.165, 1.54) is 31.0 Å². The maximum Gasteiger partial charge on any atom is 0.332 e. The Morgan fingerprint density at radius 3 is 2.47 bits per heavy atom. The Hall–Kier alpha value is -2.51. The number of rotatable bonds is 9. The third kappa shape index (κ3) is 5.26. The van der Waals surface area contributed by atoms with Crippen molar-refractivity contribution in [2.24, 2.45) is 0 Å². The first-order valence-corrected chi connectivity index (χ1v) is 13.0. The van der Waals surface area contributed by atoms with Crippen molar-refractivity contribution in [3.8, 4) is 5.75 Å². The molecule has 1 saturated heterocycles. The molecule has 0 aliphatic carbocycles. The second kappa shape index (κ2) is 11.3. The lowest BCUT2D eigenvalue weighted by Gasteiger charge is -2.41. The molecule has 182 valence electrons. The van der Waals surface area contributed by atoms with Crippen LogP contribution in [0.25, 0.3) is 0 Å². The summed E-state index contributed by atoms with van der Waals surface area (Å²) in [7, 11) is 1.64.